The van der Waals surface area contributed by atoms with Gasteiger partial charge in [-0.25, -0.2) is 4.79 Å². The first-order valence-corrected chi connectivity index (χ1v) is 5.92. The Kier molecular flexibility index (Phi) is 6.58. The summed E-state index contributed by atoms with van der Waals surface area (Å²) in [6, 6.07) is 7.49. The molecule has 0 aliphatic heterocycles. The zero-order valence-corrected chi connectivity index (χ0v) is 10.7. The molecule has 0 fully saturated rings. The predicted octanol–water partition coefficient (Wildman–Crippen LogP) is 2.98. The topological polar surface area (TPSA) is 44.8 Å². The molecule has 0 aliphatic carbocycles. The summed E-state index contributed by atoms with van der Waals surface area (Å²) in [5, 5.41) is 0. The summed E-state index contributed by atoms with van der Waals surface area (Å²) < 4.78 is 5.53. The van der Waals surface area contributed by atoms with E-state index in [4.69, 9.17) is 4.74 Å². The number of rotatable bonds is 7. The van der Waals surface area contributed by atoms with Crippen LogP contribution in [0.5, 0.6) is 5.75 Å². The van der Waals surface area contributed by atoms with Crippen LogP contribution in [-0.2, 0) is 14.6 Å². The van der Waals surface area contributed by atoms with Crippen LogP contribution in [0.1, 0.15) is 25.3 Å². The van der Waals surface area contributed by atoms with Crippen molar-refractivity contribution in [3.05, 3.63) is 35.9 Å². The summed E-state index contributed by atoms with van der Waals surface area (Å²) in [6.07, 6.45) is 5.11. The zero-order valence-electron chi connectivity index (χ0n) is 10.7. The Morgan fingerprint density at radius 3 is 2.61 bits per heavy atom. The molecule has 4 heteroatoms. The molecule has 98 valence electrons. The molecule has 18 heavy (non-hydrogen) atoms. The van der Waals surface area contributed by atoms with Crippen molar-refractivity contribution in [3.8, 4) is 5.75 Å². The maximum absolute atomic E-state index is 11.0. The van der Waals surface area contributed by atoms with Gasteiger partial charge in [-0.3, -0.25) is 4.89 Å². The summed E-state index contributed by atoms with van der Waals surface area (Å²) in [7, 11) is 1.29. The third kappa shape index (κ3) is 5.50. The molecule has 1 rings (SSSR count). The van der Waals surface area contributed by atoms with Gasteiger partial charge in [-0.1, -0.05) is 25.5 Å². The molecule has 0 saturated heterocycles. The molecule has 0 bridgehead atoms. The highest BCUT2D eigenvalue weighted by Crippen LogP contribution is 2.13. The van der Waals surface area contributed by atoms with Crippen LogP contribution in [0.3, 0.4) is 0 Å². The van der Waals surface area contributed by atoms with E-state index in [1.54, 1.807) is 6.08 Å². The van der Waals surface area contributed by atoms with Gasteiger partial charge < -0.3 is 4.74 Å². The molecule has 0 saturated carbocycles. The number of ether oxygens (including phenoxy) is 1. The molecule has 0 radical (unpaired) electrons. The molecule has 0 N–H and O–H groups in total. The number of benzene rings is 1. The minimum Gasteiger partial charge on any atom is -0.494 e. The fraction of sp³-hybridized carbons (Fsp3) is 0.357. The van der Waals surface area contributed by atoms with Crippen LogP contribution in [0.4, 0.5) is 0 Å². The third-order valence-electron chi connectivity index (χ3n) is 2.22. The van der Waals surface area contributed by atoms with Crippen LogP contribution in [0.25, 0.3) is 6.08 Å². The highest BCUT2D eigenvalue weighted by molar-refractivity contribution is 5.86. The van der Waals surface area contributed by atoms with Crippen molar-refractivity contribution in [2.45, 2.75) is 19.8 Å². The second kappa shape index (κ2) is 8.31. The summed E-state index contributed by atoms with van der Waals surface area (Å²) in [5.41, 5.74) is 0.894. The Labute approximate surface area is 107 Å². The fourth-order valence-corrected chi connectivity index (χ4v) is 1.28. The minimum atomic E-state index is -0.541. The molecule has 0 spiro atoms. The van der Waals surface area contributed by atoms with E-state index in [9.17, 15) is 4.79 Å². The molecular formula is C14H18O4. The minimum absolute atomic E-state index is 0.541. The molecular weight excluding hydrogens is 232 g/mol. The zero-order chi connectivity index (χ0) is 13.2. The van der Waals surface area contributed by atoms with E-state index >= 15 is 0 Å². The molecule has 0 amide bonds. The molecule has 0 aliphatic rings. The van der Waals surface area contributed by atoms with Crippen LogP contribution >= 0.6 is 0 Å². The Morgan fingerprint density at radius 1 is 1.28 bits per heavy atom. The monoisotopic (exact) mass is 250 g/mol. The average Bonchev–Trinajstić information content (AvgIpc) is 2.38. The van der Waals surface area contributed by atoms with E-state index in [2.05, 4.69) is 16.7 Å². The van der Waals surface area contributed by atoms with Gasteiger partial charge in [0, 0.05) is 6.08 Å². The van der Waals surface area contributed by atoms with Gasteiger partial charge in [-0.2, -0.15) is 4.89 Å². The Hall–Kier alpha value is -1.81. The average molecular weight is 250 g/mol. The van der Waals surface area contributed by atoms with E-state index in [0.717, 1.165) is 30.8 Å². The highest BCUT2D eigenvalue weighted by Gasteiger charge is 1.96. The molecule has 0 aromatic heterocycles. The van der Waals surface area contributed by atoms with E-state index in [-0.39, 0.29) is 0 Å². The standard InChI is InChI=1S/C14H18O4/c1-3-4-11-17-13-8-5-12(6-9-13)7-10-14(15)18-16-2/h5-10H,3-4,11H2,1-2H3/b10-7+. The van der Waals surface area contributed by atoms with Crippen molar-refractivity contribution in [2.24, 2.45) is 0 Å². The first-order valence-electron chi connectivity index (χ1n) is 5.92. The lowest BCUT2D eigenvalue weighted by Crippen LogP contribution is -1.98. The summed E-state index contributed by atoms with van der Waals surface area (Å²) >= 11 is 0. The lowest BCUT2D eigenvalue weighted by atomic mass is 10.2. The van der Waals surface area contributed by atoms with Crippen molar-refractivity contribution >= 4 is 12.0 Å². The number of unbranched alkanes of at least 4 members (excludes halogenated alkanes) is 1. The van der Waals surface area contributed by atoms with E-state index in [0.29, 0.717) is 0 Å². The number of carbonyl (C=O) groups is 1. The van der Waals surface area contributed by atoms with Gasteiger partial charge in [-0.05, 0) is 30.2 Å². The number of hydrogen-bond acceptors (Lipinski definition) is 4. The Morgan fingerprint density at radius 2 is 2.00 bits per heavy atom. The molecule has 1 aromatic rings. The van der Waals surface area contributed by atoms with Gasteiger partial charge in [0.15, 0.2) is 0 Å². The largest absolute Gasteiger partial charge is 0.494 e. The summed E-state index contributed by atoms with van der Waals surface area (Å²) in [6.45, 7) is 2.85. The van der Waals surface area contributed by atoms with Crippen molar-refractivity contribution < 1.29 is 19.3 Å². The van der Waals surface area contributed by atoms with Crippen molar-refractivity contribution in [3.63, 3.8) is 0 Å². The van der Waals surface area contributed by atoms with Crippen LogP contribution < -0.4 is 4.74 Å². The summed E-state index contributed by atoms with van der Waals surface area (Å²) in [5.74, 6) is 0.292. The first kappa shape index (κ1) is 14.3. The smallest absolute Gasteiger partial charge is 0.365 e. The molecule has 0 unspecified atom stereocenters. The Balaban J connectivity index is 2.47. The van der Waals surface area contributed by atoms with E-state index in [1.165, 1.54) is 13.2 Å². The third-order valence-corrected chi connectivity index (χ3v) is 2.22. The van der Waals surface area contributed by atoms with Gasteiger partial charge in [0.05, 0.1) is 13.7 Å². The van der Waals surface area contributed by atoms with Gasteiger partial charge >= 0.3 is 5.97 Å². The second-order valence-corrected chi connectivity index (χ2v) is 3.67. The second-order valence-electron chi connectivity index (χ2n) is 3.67. The van der Waals surface area contributed by atoms with Crippen molar-refractivity contribution in [1.29, 1.82) is 0 Å². The molecule has 1 aromatic carbocycles. The van der Waals surface area contributed by atoms with Crippen LogP contribution in [0.15, 0.2) is 30.3 Å². The molecule has 0 heterocycles. The number of carbonyl (C=O) groups excluding carboxylic acids is 1. The van der Waals surface area contributed by atoms with Crippen LogP contribution in [-0.4, -0.2) is 19.7 Å². The van der Waals surface area contributed by atoms with Crippen LogP contribution in [0, 0.1) is 0 Å². The van der Waals surface area contributed by atoms with E-state index in [1.807, 2.05) is 24.3 Å². The Bertz CT molecular complexity index is 381. The van der Waals surface area contributed by atoms with Gasteiger partial charge in [0.25, 0.3) is 0 Å². The highest BCUT2D eigenvalue weighted by atomic mass is 17.2. The predicted molar refractivity (Wildman–Crippen MR) is 69.0 cm³/mol. The lowest BCUT2D eigenvalue weighted by Gasteiger charge is -2.04. The summed E-state index contributed by atoms with van der Waals surface area (Å²) in [4.78, 5) is 19.5. The fourth-order valence-electron chi connectivity index (χ4n) is 1.28. The van der Waals surface area contributed by atoms with Gasteiger partial charge in [0.1, 0.15) is 5.75 Å². The lowest BCUT2D eigenvalue weighted by molar-refractivity contribution is -0.249. The maximum Gasteiger partial charge on any atom is 0.365 e. The van der Waals surface area contributed by atoms with E-state index < -0.39 is 5.97 Å². The molecule has 4 nitrogen and oxygen atoms in total. The quantitative estimate of drug-likeness (QED) is 0.323. The number of hydrogen-bond donors (Lipinski definition) is 0. The van der Waals surface area contributed by atoms with Crippen LogP contribution in [0.2, 0.25) is 0 Å². The SMILES string of the molecule is CCCCOc1ccc(/C=C/C(=O)OOC)cc1. The van der Waals surface area contributed by atoms with Crippen molar-refractivity contribution in [1.82, 2.24) is 0 Å². The first-order chi connectivity index (χ1) is 8.76. The maximum atomic E-state index is 11.0. The van der Waals surface area contributed by atoms with Gasteiger partial charge in [-0.15, -0.1) is 0 Å². The normalized spacial score (nSPS) is 10.6. The van der Waals surface area contributed by atoms with Gasteiger partial charge in [0.2, 0.25) is 0 Å². The molecule has 0 atom stereocenters. The van der Waals surface area contributed by atoms with Crippen molar-refractivity contribution in [2.75, 3.05) is 13.7 Å².